The first-order valence-electron chi connectivity index (χ1n) is 4.46. The van der Waals surface area contributed by atoms with Gasteiger partial charge in [-0.05, 0) is 54.3 Å². The molecule has 0 amide bonds. The number of benzene rings is 1. The molecule has 0 bridgehead atoms. The second-order valence-corrected chi connectivity index (χ2v) is 4.53. The molecule has 1 nitrogen and oxygen atoms in total. The van der Waals surface area contributed by atoms with Crippen LogP contribution >= 0.6 is 27.7 Å². The van der Waals surface area contributed by atoms with Crippen molar-refractivity contribution in [3.8, 4) is 0 Å². The van der Waals surface area contributed by atoms with Gasteiger partial charge < -0.3 is 0 Å². The predicted octanol–water partition coefficient (Wildman–Crippen LogP) is 3.57. The van der Waals surface area contributed by atoms with Crippen LogP contribution in [0.5, 0.6) is 0 Å². The Bertz CT molecular complexity index is 314. The SMILES string of the molecule is ClNC1CCCc2ccc(Br)cc21. The summed E-state index contributed by atoms with van der Waals surface area (Å²) >= 11 is 9.17. The van der Waals surface area contributed by atoms with Crippen LogP contribution in [-0.4, -0.2) is 0 Å². The van der Waals surface area contributed by atoms with Gasteiger partial charge in [0.15, 0.2) is 0 Å². The van der Waals surface area contributed by atoms with Crippen LogP contribution in [0, 0.1) is 0 Å². The van der Waals surface area contributed by atoms with Crippen molar-refractivity contribution in [2.45, 2.75) is 25.3 Å². The number of hydrogen-bond donors (Lipinski definition) is 1. The Morgan fingerprint density at radius 3 is 3.08 bits per heavy atom. The summed E-state index contributed by atoms with van der Waals surface area (Å²) in [6.07, 6.45) is 3.53. The van der Waals surface area contributed by atoms with Crippen molar-refractivity contribution >= 4 is 27.7 Å². The lowest BCUT2D eigenvalue weighted by Gasteiger charge is -2.24. The molecule has 0 radical (unpaired) electrons. The Kier molecular flexibility index (Phi) is 2.92. The van der Waals surface area contributed by atoms with E-state index in [9.17, 15) is 0 Å². The maximum absolute atomic E-state index is 5.70. The number of hydrogen-bond acceptors (Lipinski definition) is 1. The second kappa shape index (κ2) is 3.99. The maximum Gasteiger partial charge on any atom is 0.0473 e. The molecule has 1 aromatic rings. The molecule has 13 heavy (non-hydrogen) atoms. The van der Waals surface area contributed by atoms with Crippen LogP contribution < -0.4 is 4.84 Å². The standard InChI is InChI=1S/C10H11BrClN/c11-8-5-4-7-2-1-3-10(13-12)9(7)6-8/h4-6,10,13H,1-3H2. The highest BCUT2D eigenvalue weighted by Gasteiger charge is 2.18. The average Bonchev–Trinajstić information content (AvgIpc) is 2.17. The van der Waals surface area contributed by atoms with Crippen LogP contribution in [-0.2, 0) is 6.42 Å². The molecular formula is C10H11BrClN. The van der Waals surface area contributed by atoms with Gasteiger partial charge in [-0.2, -0.15) is 0 Å². The molecule has 1 atom stereocenters. The van der Waals surface area contributed by atoms with Crippen molar-refractivity contribution in [3.63, 3.8) is 0 Å². The minimum atomic E-state index is 0.322. The number of halogens is 2. The summed E-state index contributed by atoms with van der Waals surface area (Å²) in [6.45, 7) is 0. The van der Waals surface area contributed by atoms with E-state index in [-0.39, 0.29) is 0 Å². The summed E-state index contributed by atoms with van der Waals surface area (Å²) < 4.78 is 1.13. The molecule has 1 aliphatic carbocycles. The highest BCUT2D eigenvalue weighted by atomic mass is 79.9. The zero-order valence-electron chi connectivity index (χ0n) is 7.19. The van der Waals surface area contributed by atoms with Gasteiger partial charge in [0, 0.05) is 10.5 Å². The average molecular weight is 261 g/mol. The summed E-state index contributed by atoms with van der Waals surface area (Å²) in [6, 6.07) is 6.76. The molecule has 0 aromatic heterocycles. The van der Waals surface area contributed by atoms with Crippen molar-refractivity contribution in [1.82, 2.24) is 4.84 Å². The van der Waals surface area contributed by atoms with E-state index in [1.54, 1.807) is 0 Å². The lowest BCUT2D eigenvalue weighted by atomic mass is 9.88. The van der Waals surface area contributed by atoms with Crippen molar-refractivity contribution in [2.24, 2.45) is 0 Å². The molecule has 1 N–H and O–H groups in total. The Hall–Kier alpha value is -0.0500. The molecule has 0 saturated carbocycles. The van der Waals surface area contributed by atoms with Gasteiger partial charge in [0.1, 0.15) is 0 Å². The summed E-state index contributed by atoms with van der Waals surface area (Å²) in [5.74, 6) is 0. The predicted molar refractivity (Wildman–Crippen MR) is 58.8 cm³/mol. The zero-order chi connectivity index (χ0) is 9.26. The van der Waals surface area contributed by atoms with E-state index in [0.717, 1.165) is 10.9 Å². The topological polar surface area (TPSA) is 12.0 Å². The Morgan fingerprint density at radius 2 is 2.31 bits per heavy atom. The quantitative estimate of drug-likeness (QED) is 0.761. The van der Waals surface area contributed by atoms with Gasteiger partial charge in [0.25, 0.3) is 0 Å². The lowest BCUT2D eigenvalue weighted by molar-refractivity contribution is 0.538. The first-order chi connectivity index (χ1) is 6.31. The minimum absolute atomic E-state index is 0.322. The number of fused-ring (bicyclic) bond motifs is 1. The summed E-state index contributed by atoms with van der Waals surface area (Å²) in [5, 5.41) is 0. The molecule has 1 aliphatic rings. The van der Waals surface area contributed by atoms with Gasteiger partial charge in [-0.3, -0.25) is 0 Å². The summed E-state index contributed by atoms with van der Waals surface area (Å²) in [4.78, 5) is 2.84. The lowest BCUT2D eigenvalue weighted by Crippen LogP contribution is -2.17. The fourth-order valence-electron chi connectivity index (χ4n) is 1.88. The van der Waals surface area contributed by atoms with Gasteiger partial charge in [-0.15, -0.1) is 0 Å². The van der Waals surface area contributed by atoms with Crippen LogP contribution in [0.15, 0.2) is 22.7 Å². The summed E-state index contributed by atoms with van der Waals surface area (Å²) in [5.41, 5.74) is 2.77. The highest BCUT2D eigenvalue weighted by Crippen LogP contribution is 2.31. The fraction of sp³-hybridized carbons (Fsp3) is 0.400. The van der Waals surface area contributed by atoms with Gasteiger partial charge in [-0.1, -0.05) is 22.0 Å². The molecule has 2 rings (SSSR count). The van der Waals surface area contributed by atoms with E-state index in [0.29, 0.717) is 6.04 Å². The smallest absolute Gasteiger partial charge is 0.0473 e. The number of nitrogens with one attached hydrogen (secondary N) is 1. The van der Waals surface area contributed by atoms with Crippen LogP contribution in [0.25, 0.3) is 0 Å². The van der Waals surface area contributed by atoms with E-state index < -0.39 is 0 Å². The van der Waals surface area contributed by atoms with Crippen molar-refractivity contribution in [2.75, 3.05) is 0 Å². The van der Waals surface area contributed by atoms with Gasteiger partial charge in [0.2, 0.25) is 0 Å². The Labute approximate surface area is 91.7 Å². The molecule has 0 spiro atoms. The third-order valence-corrected chi connectivity index (χ3v) is 3.31. The van der Waals surface area contributed by atoms with Crippen molar-refractivity contribution in [1.29, 1.82) is 0 Å². The van der Waals surface area contributed by atoms with Crippen LogP contribution in [0.2, 0.25) is 0 Å². The summed E-state index contributed by atoms with van der Waals surface area (Å²) in [7, 11) is 0. The normalized spacial score (nSPS) is 21.2. The van der Waals surface area contributed by atoms with Crippen LogP contribution in [0.1, 0.15) is 30.0 Å². The van der Waals surface area contributed by atoms with Crippen LogP contribution in [0.3, 0.4) is 0 Å². The molecule has 0 heterocycles. The molecule has 1 unspecified atom stereocenters. The van der Waals surface area contributed by atoms with E-state index in [1.807, 2.05) is 0 Å². The Balaban J connectivity index is 2.41. The second-order valence-electron chi connectivity index (χ2n) is 3.40. The van der Waals surface area contributed by atoms with E-state index in [1.165, 1.54) is 24.0 Å². The van der Waals surface area contributed by atoms with E-state index >= 15 is 0 Å². The largest absolute Gasteiger partial charge is 0.226 e. The molecular weight excluding hydrogens is 249 g/mol. The van der Waals surface area contributed by atoms with E-state index in [4.69, 9.17) is 11.8 Å². The fourth-order valence-corrected chi connectivity index (χ4v) is 2.49. The number of aryl methyl sites for hydroxylation is 1. The third-order valence-electron chi connectivity index (χ3n) is 2.55. The highest BCUT2D eigenvalue weighted by molar-refractivity contribution is 9.10. The molecule has 1 aromatic carbocycles. The van der Waals surface area contributed by atoms with Gasteiger partial charge in [-0.25, -0.2) is 4.84 Å². The third kappa shape index (κ3) is 1.90. The first kappa shape index (κ1) is 9.50. The van der Waals surface area contributed by atoms with Crippen molar-refractivity contribution < 1.29 is 0 Å². The number of rotatable bonds is 1. The Morgan fingerprint density at radius 1 is 1.46 bits per heavy atom. The first-order valence-corrected chi connectivity index (χ1v) is 5.63. The zero-order valence-corrected chi connectivity index (χ0v) is 9.53. The monoisotopic (exact) mass is 259 g/mol. The van der Waals surface area contributed by atoms with Gasteiger partial charge >= 0.3 is 0 Å². The molecule has 3 heteroatoms. The van der Waals surface area contributed by atoms with Gasteiger partial charge in [0.05, 0.1) is 0 Å². The van der Waals surface area contributed by atoms with E-state index in [2.05, 4.69) is 39.0 Å². The molecule has 0 saturated heterocycles. The molecule has 70 valence electrons. The molecule has 0 fully saturated rings. The van der Waals surface area contributed by atoms with Crippen LogP contribution in [0.4, 0.5) is 0 Å². The minimum Gasteiger partial charge on any atom is -0.226 e. The van der Waals surface area contributed by atoms with Crippen molar-refractivity contribution in [3.05, 3.63) is 33.8 Å². The maximum atomic E-state index is 5.70. The molecule has 0 aliphatic heterocycles.